The monoisotopic (exact) mass is 310 g/mol. The van der Waals surface area contributed by atoms with Crippen molar-refractivity contribution in [2.45, 2.75) is 31.5 Å². The summed E-state index contributed by atoms with van der Waals surface area (Å²) in [6.45, 7) is 4.77. The second kappa shape index (κ2) is 7.55. The van der Waals surface area contributed by atoms with Crippen molar-refractivity contribution in [3.8, 4) is 0 Å². The van der Waals surface area contributed by atoms with Gasteiger partial charge in [0.1, 0.15) is 6.10 Å². The normalized spacial score (nSPS) is 26.5. The topological polar surface area (TPSA) is 38.7 Å². The molecule has 0 spiro atoms. The fourth-order valence-corrected chi connectivity index (χ4v) is 2.89. The van der Waals surface area contributed by atoms with E-state index >= 15 is 0 Å². The minimum Gasteiger partial charge on any atom is -0.390 e. The smallest absolute Gasteiger partial charge is 0.111 e. The van der Waals surface area contributed by atoms with Crippen LogP contribution in [0.3, 0.4) is 0 Å². The van der Waals surface area contributed by atoms with Crippen molar-refractivity contribution in [1.82, 2.24) is 0 Å². The molecule has 2 aromatic carbocycles. The SMILES string of the molecule is C=C[C@@H]1[C@@H](O)[C@H](OCc2ccccc2)[C@H]1OCc1ccccc1. The molecule has 3 heteroatoms. The zero-order chi connectivity index (χ0) is 16.1. The van der Waals surface area contributed by atoms with Gasteiger partial charge in [0.15, 0.2) is 0 Å². The number of aliphatic hydroxyl groups excluding tert-OH is 1. The summed E-state index contributed by atoms with van der Waals surface area (Å²) in [4.78, 5) is 0. The van der Waals surface area contributed by atoms with Gasteiger partial charge in [-0.2, -0.15) is 0 Å². The van der Waals surface area contributed by atoms with Crippen LogP contribution in [-0.4, -0.2) is 23.4 Å². The van der Waals surface area contributed by atoms with Gasteiger partial charge in [-0.15, -0.1) is 6.58 Å². The zero-order valence-corrected chi connectivity index (χ0v) is 13.0. The summed E-state index contributed by atoms with van der Waals surface area (Å²) in [7, 11) is 0. The summed E-state index contributed by atoms with van der Waals surface area (Å²) >= 11 is 0. The van der Waals surface area contributed by atoms with E-state index in [1.54, 1.807) is 6.08 Å². The van der Waals surface area contributed by atoms with Gasteiger partial charge in [0, 0.05) is 5.92 Å². The molecule has 0 bridgehead atoms. The number of ether oxygens (including phenoxy) is 2. The molecule has 0 aromatic heterocycles. The molecule has 0 saturated heterocycles. The second-order valence-corrected chi connectivity index (χ2v) is 5.83. The molecular formula is C20H22O3. The van der Waals surface area contributed by atoms with E-state index < -0.39 is 6.10 Å². The number of hydrogen-bond donors (Lipinski definition) is 1. The van der Waals surface area contributed by atoms with E-state index in [0.29, 0.717) is 13.2 Å². The van der Waals surface area contributed by atoms with E-state index in [2.05, 4.69) is 6.58 Å². The molecule has 120 valence electrons. The zero-order valence-electron chi connectivity index (χ0n) is 13.0. The summed E-state index contributed by atoms with van der Waals surface area (Å²) < 4.78 is 11.9. The molecule has 0 unspecified atom stereocenters. The van der Waals surface area contributed by atoms with E-state index in [0.717, 1.165) is 11.1 Å². The highest BCUT2D eigenvalue weighted by atomic mass is 16.6. The molecule has 0 amide bonds. The van der Waals surface area contributed by atoms with Crippen LogP contribution in [0.4, 0.5) is 0 Å². The van der Waals surface area contributed by atoms with Crippen LogP contribution < -0.4 is 0 Å². The van der Waals surface area contributed by atoms with Crippen molar-refractivity contribution in [2.75, 3.05) is 0 Å². The molecule has 4 atom stereocenters. The lowest BCUT2D eigenvalue weighted by Crippen LogP contribution is -2.61. The van der Waals surface area contributed by atoms with Crippen molar-refractivity contribution >= 4 is 0 Å². The van der Waals surface area contributed by atoms with Crippen LogP contribution in [0.2, 0.25) is 0 Å². The Labute approximate surface area is 137 Å². The molecule has 1 aliphatic carbocycles. The minimum absolute atomic E-state index is 0.0838. The van der Waals surface area contributed by atoms with Crippen molar-refractivity contribution in [3.63, 3.8) is 0 Å². The van der Waals surface area contributed by atoms with Gasteiger partial charge in [-0.3, -0.25) is 0 Å². The maximum absolute atomic E-state index is 10.2. The largest absolute Gasteiger partial charge is 0.390 e. The Morgan fingerprint density at radius 2 is 1.30 bits per heavy atom. The molecule has 1 saturated carbocycles. The van der Waals surface area contributed by atoms with E-state index in [1.807, 2.05) is 60.7 Å². The molecule has 3 nitrogen and oxygen atoms in total. The summed E-state index contributed by atoms with van der Waals surface area (Å²) in [6.07, 6.45) is 0.716. The van der Waals surface area contributed by atoms with Gasteiger partial charge >= 0.3 is 0 Å². The fourth-order valence-electron chi connectivity index (χ4n) is 2.89. The summed E-state index contributed by atoms with van der Waals surface area (Å²) in [5, 5.41) is 10.2. The molecule has 1 fully saturated rings. The van der Waals surface area contributed by atoms with Crippen molar-refractivity contribution in [3.05, 3.63) is 84.4 Å². The standard InChI is InChI=1S/C20H22O3/c1-2-17-18(21)20(23-14-16-11-7-4-8-12-16)19(17)22-13-15-9-5-3-6-10-15/h2-12,17-21H,1,13-14H2/t17-,18-,19+,20+/m1/s1. The molecule has 3 rings (SSSR count). The quantitative estimate of drug-likeness (QED) is 0.797. The van der Waals surface area contributed by atoms with Crippen LogP contribution in [0.25, 0.3) is 0 Å². The van der Waals surface area contributed by atoms with Crippen LogP contribution in [-0.2, 0) is 22.7 Å². The Morgan fingerprint density at radius 3 is 1.78 bits per heavy atom. The lowest BCUT2D eigenvalue weighted by molar-refractivity contribution is -0.226. The van der Waals surface area contributed by atoms with Gasteiger partial charge < -0.3 is 14.6 Å². The number of aliphatic hydroxyl groups is 1. The third-order valence-electron chi connectivity index (χ3n) is 4.28. The first-order chi connectivity index (χ1) is 11.3. The van der Waals surface area contributed by atoms with Crippen LogP contribution in [0.15, 0.2) is 73.3 Å². The first kappa shape index (κ1) is 15.9. The Balaban J connectivity index is 1.58. The number of benzene rings is 2. The summed E-state index contributed by atoms with van der Waals surface area (Å²) in [5.41, 5.74) is 2.20. The highest BCUT2D eigenvalue weighted by Gasteiger charge is 2.50. The fraction of sp³-hybridized carbons (Fsp3) is 0.300. The van der Waals surface area contributed by atoms with Crippen molar-refractivity contribution in [1.29, 1.82) is 0 Å². The Hall–Kier alpha value is -1.94. The molecule has 23 heavy (non-hydrogen) atoms. The first-order valence-electron chi connectivity index (χ1n) is 7.91. The van der Waals surface area contributed by atoms with Crippen LogP contribution >= 0.6 is 0 Å². The van der Waals surface area contributed by atoms with Gasteiger partial charge in [-0.1, -0.05) is 66.7 Å². The van der Waals surface area contributed by atoms with Gasteiger partial charge in [0.2, 0.25) is 0 Å². The van der Waals surface area contributed by atoms with E-state index in [1.165, 1.54) is 0 Å². The lowest BCUT2D eigenvalue weighted by atomic mass is 9.75. The summed E-state index contributed by atoms with van der Waals surface area (Å²) in [6, 6.07) is 20.0. The average molecular weight is 310 g/mol. The Bertz CT molecular complexity index is 611. The van der Waals surface area contributed by atoms with Crippen LogP contribution in [0.1, 0.15) is 11.1 Å². The van der Waals surface area contributed by atoms with Crippen molar-refractivity contribution in [2.24, 2.45) is 5.92 Å². The predicted molar refractivity (Wildman–Crippen MR) is 89.7 cm³/mol. The first-order valence-corrected chi connectivity index (χ1v) is 7.91. The molecule has 0 radical (unpaired) electrons. The maximum atomic E-state index is 10.2. The van der Waals surface area contributed by atoms with Gasteiger partial charge in [-0.25, -0.2) is 0 Å². The van der Waals surface area contributed by atoms with Gasteiger partial charge in [0.05, 0.1) is 25.4 Å². The van der Waals surface area contributed by atoms with Gasteiger partial charge in [-0.05, 0) is 11.1 Å². The third-order valence-corrected chi connectivity index (χ3v) is 4.28. The van der Waals surface area contributed by atoms with Crippen LogP contribution in [0, 0.1) is 5.92 Å². The van der Waals surface area contributed by atoms with Crippen LogP contribution in [0.5, 0.6) is 0 Å². The van der Waals surface area contributed by atoms with E-state index in [-0.39, 0.29) is 18.1 Å². The van der Waals surface area contributed by atoms with E-state index in [9.17, 15) is 5.11 Å². The molecule has 0 aliphatic heterocycles. The third kappa shape index (κ3) is 3.70. The predicted octanol–water partition coefficient (Wildman–Crippen LogP) is 3.33. The van der Waals surface area contributed by atoms with E-state index in [4.69, 9.17) is 9.47 Å². The highest BCUT2D eigenvalue weighted by molar-refractivity contribution is 5.16. The molecule has 1 N–H and O–H groups in total. The lowest BCUT2D eigenvalue weighted by Gasteiger charge is -2.47. The molecule has 2 aromatic rings. The molecule has 0 heterocycles. The van der Waals surface area contributed by atoms with Gasteiger partial charge in [0.25, 0.3) is 0 Å². The summed E-state index contributed by atoms with van der Waals surface area (Å²) in [5.74, 6) is -0.0838. The Morgan fingerprint density at radius 1 is 0.826 bits per heavy atom. The average Bonchev–Trinajstić information content (AvgIpc) is 2.60. The number of hydrogen-bond acceptors (Lipinski definition) is 3. The highest BCUT2D eigenvalue weighted by Crippen LogP contribution is 2.36. The minimum atomic E-state index is -0.558. The Kier molecular flexibility index (Phi) is 5.23. The number of rotatable bonds is 7. The maximum Gasteiger partial charge on any atom is 0.111 e. The van der Waals surface area contributed by atoms with Crippen molar-refractivity contribution < 1.29 is 14.6 Å². The molecule has 1 aliphatic rings. The molecular weight excluding hydrogens is 288 g/mol. The second-order valence-electron chi connectivity index (χ2n) is 5.83.